The number of carbonyl (C=O) groups is 1. The number of hydrogen-bond donors (Lipinski definition) is 2. The second-order valence-corrected chi connectivity index (χ2v) is 8.04. The van der Waals surface area contributed by atoms with Gasteiger partial charge in [0, 0.05) is 19.0 Å². The first-order valence-electron chi connectivity index (χ1n) is 9.56. The van der Waals surface area contributed by atoms with Gasteiger partial charge >= 0.3 is 0 Å². The maximum Gasteiger partial charge on any atom is 0.231 e. The van der Waals surface area contributed by atoms with Gasteiger partial charge in [0.2, 0.25) is 5.91 Å². The lowest BCUT2D eigenvalue weighted by molar-refractivity contribution is -0.129. The summed E-state index contributed by atoms with van der Waals surface area (Å²) in [5.41, 5.74) is 1.62. The van der Waals surface area contributed by atoms with E-state index in [0.29, 0.717) is 6.42 Å². The highest BCUT2D eigenvalue weighted by Crippen LogP contribution is 2.31. The fraction of sp³-hybridized carbons (Fsp3) is 0.550. The van der Waals surface area contributed by atoms with Crippen LogP contribution in [0, 0.1) is 11.3 Å². The molecule has 1 aromatic heterocycles. The van der Waals surface area contributed by atoms with Crippen molar-refractivity contribution in [1.82, 2.24) is 20.0 Å². The summed E-state index contributed by atoms with van der Waals surface area (Å²) in [6, 6.07) is 6.29. The van der Waals surface area contributed by atoms with Crippen LogP contribution in [0.5, 0.6) is 0 Å². The molecule has 2 aliphatic rings. The van der Waals surface area contributed by atoms with Crippen LogP contribution in [0.4, 0.5) is 0 Å². The van der Waals surface area contributed by atoms with E-state index in [0.717, 1.165) is 28.9 Å². The zero-order valence-corrected chi connectivity index (χ0v) is 15.6. The normalized spacial score (nSPS) is 24.9. The van der Waals surface area contributed by atoms with Crippen molar-refractivity contribution in [1.29, 1.82) is 5.41 Å². The lowest BCUT2D eigenvalue weighted by atomic mass is 9.86. The van der Waals surface area contributed by atoms with Gasteiger partial charge in [0.05, 0.1) is 23.7 Å². The highest BCUT2D eigenvalue weighted by atomic mass is 16.2. The molecule has 4 rings (SSSR count). The van der Waals surface area contributed by atoms with Gasteiger partial charge in [-0.05, 0) is 43.4 Å². The molecule has 6 heteroatoms. The largest absolute Gasteiger partial charge is 0.346 e. The van der Waals surface area contributed by atoms with Crippen LogP contribution in [0.1, 0.15) is 51.0 Å². The van der Waals surface area contributed by atoms with Crippen molar-refractivity contribution in [3.8, 4) is 0 Å². The predicted molar refractivity (Wildman–Crippen MR) is 102 cm³/mol. The summed E-state index contributed by atoms with van der Waals surface area (Å²) in [4.78, 5) is 13.6. The van der Waals surface area contributed by atoms with E-state index in [1.54, 1.807) is 7.05 Å². The highest BCUT2D eigenvalue weighted by Gasteiger charge is 2.38. The molecule has 2 N–H and O–H groups in total. The molecule has 0 radical (unpaired) electrons. The van der Waals surface area contributed by atoms with Gasteiger partial charge in [0.15, 0.2) is 5.96 Å². The molecule has 26 heavy (non-hydrogen) atoms. The van der Waals surface area contributed by atoms with Gasteiger partial charge in [-0.3, -0.25) is 19.8 Å². The number of carbonyl (C=O) groups excluding carboxylic acids is 1. The second-order valence-electron chi connectivity index (χ2n) is 8.04. The Hall–Kier alpha value is -2.37. The lowest BCUT2D eigenvalue weighted by Crippen LogP contribution is -2.58. The smallest absolute Gasteiger partial charge is 0.231 e. The molecular formula is C20H27N5O. The Kier molecular flexibility index (Phi) is 4.21. The van der Waals surface area contributed by atoms with E-state index in [-0.39, 0.29) is 11.9 Å². The van der Waals surface area contributed by atoms with Crippen LogP contribution < -0.4 is 5.32 Å². The standard InChI is InChI=1S/C20H27N5O/c1-20(11-18(26)24(2)19(21)23-20)16-8-9-17-15(10-16)12-22-25(17)13-14-6-4-3-5-7-14/h8-10,12,14H,3-7,11,13H2,1-2H3,(H2,21,23)/t20-/m0/s1. The Morgan fingerprint density at radius 1 is 1.31 bits per heavy atom. The molecule has 2 heterocycles. The van der Waals surface area contributed by atoms with Crippen LogP contribution in [-0.4, -0.2) is 33.6 Å². The van der Waals surface area contributed by atoms with Crippen molar-refractivity contribution in [3.63, 3.8) is 0 Å². The maximum atomic E-state index is 12.2. The maximum absolute atomic E-state index is 12.2. The Morgan fingerprint density at radius 2 is 2.08 bits per heavy atom. The van der Waals surface area contributed by atoms with Crippen LogP contribution in [0.15, 0.2) is 24.4 Å². The molecule has 6 nitrogen and oxygen atoms in total. The van der Waals surface area contributed by atoms with Gasteiger partial charge in [-0.15, -0.1) is 0 Å². The molecule has 138 valence electrons. The Labute approximate surface area is 154 Å². The van der Waals surface area contributed by atoms with Crippen molar-refractivity contribution in [2.45, 2.75) is 57.5 Å². The van der Waals surface area contributed by atoms with Crippen LogP contribution in [0.3, 0.4) is 0 Å². The van der Waals surface area contributed by atoms with Crippen LogP contribution in [0.2, 0.25) is 0 Å². The van der Waals surface area contributed by atoms with Gasteiger partial charge in [-0.25, -0.2) is 0 Å². The first kappa shape index (κ1) is 17.1. The number of rotatable bonds is 3. The zero-order valence-electron chi connectivity index (χ0n) is 15.6. The molecule has 1 saturated carbocycles. The fourth-order valence-electron chi connectivity index (χ4n) is 4.30. The third-order valence-corrected chi connectivity index (χ3v) is 6.04. The molecular weight excluding hydrogens is 326 g/mol. The van der Waals surface area contributed by atoms with E-state index in [1.165, 1.54) is 37.0 Å². The van der Waals surface area contributed by atoms with E-state index in [1.807, 2.05) is 13.1 Å². The molecule has 1 aliphatic heterocycles. The van der Waals surface area contributed by atoms with Crippen molar-refractivity contribution in [2.24, 2.45) is 5.92 Å². The number of fused-ring (bicyclic) bond motifs is 1. The lowest BCUT2D eigenvalue weighted by Gasteiger charge is -2.39. The number of amides is 1. The Balaban J connectivity index is 1.60. The van der Waals surface area contributed by atoms with Gasteiger partial charge < -0.3 is 5.32 Å². The zero-order chi connectivity index (χ0) is 18.3. The van der Waals surface area contributed by atoms with Gasteiger partial charge in [0.1, 0.15) is 0 Å². The number of benzene rings is 1. The topological polar surface area (TPSA) is 74.0 Å². The Bertz CT molecular complexity index is 831. The minimum atomic E-state index is -0.555. The van der Waals surface area contributed by atoms with E-state index >= 15 is 0 Å². The number of nitrogens with one attached hydrogen (secondary N) is 2. The van der Waals surface area contributed by atoms with Crippen molar-refractivity contribution < 1.29 is 4.79 Å². The average Bonchev–Trinajstić information content (AvgIpc) is 3.03. The summed E-state index contributed by atoms with van der Waals surface area (Å²) >= 11 is 0. The summed E-state index contributed by atoms with van der Waals surface area (Å²) in [6.07, 6.45) is 8.92. The first-order valence-corrected chi connectivity index (χ1v) is 9.56. The van der Waals surface area contributed by atoms with Gasteiger partial charge in [-0.1, -0.05) is 25.3 Å². The van der Waals surface area contributed by atoms with Crippen LogP contribution >= 0.6 is 0 Å². The second kappa shape index (κ2) is 6.41. The van der Waals surface area contributed by atoms with E-state index in [2.05, 4.69) is 33.3 Å². The summed E-state index contributed by atoms with van der Waals surface area (Å²) in [7, 11) is 1.63. The number of hydrogen-bond acceptors (Lipinski definition) is 3. The molecule has 1 aromatic carbocycles. The third-order valence-electron chi connectivity index (χ3n) is 6.04. The van der Waals surface area contributed by atoms with Crippen LogP contribution in [0.25, 0.3) is 10.9 Å². The van der Waals surface area contributed by atoms with Gasteiger partial charge in [-0.2, -0.15) is 5.10 Å². The van der Waals surface area contributed by atoms with E-state index in [4.69, 9.17) is 5.41 Å². The Morgan fingerprint density at radius 3 is 2.81 bits per heavy atom. The molecule has 0 spiro atoms. The quantitative estimate of drug-likeness (QED) is 0.890. The summed E-state index contributed by atoms with van der Waals surface area (Å²) in [5, 5.41) is 16.9. The number of nitrogens with zero attached hydrogens (tertiary/aromatic N) is 3. The summed E-state index contributed by atoms with van der Waals surface area (Å²) in [5.74, 6) is 0.846. The van der Waals surface area contributed by atoms with Crippen molar-refractivity contribution >= 4 is 22.8 Å². The molecule has 2 fully saturated rings. The van der Waals surface area contributed by atoms with Crippen molar-refractivity contribution in [3.05, 3.63) is 30.0 Å². The highest BCUT2D eigenvalue weighted by molar-refractivity contribution is 5.99. The monoisotopic (exact) mass is 353 g/mol. The molecule has 1 aliphatic carbocycles. The third kappa shape index (κ3) is 2.97. The SMILES string of the molecule is CN1C(=N)N[C@](C)(c2ccc3c(cnn3CC3CCCCC3)c2)CC1=O. The minimum Gasteiger partial charge on any atom is -0.346 e. The average molecular weight is 353 g/mol. The molecule has 1 atom stereocenters. The minimum absolute atomic E-state index is 0.0376. The molecule has 0 unspecified atom stereocenters. The fourth-order valence-corrected chi connectivity index (χ4v) is 4.30. The first-order chi connectivity index (χ1) is 12.5. The van der Waals surface area contributed by atoms with E-state index in [9.17, 15) is 4.79 Å². The molecule has 0 bridgehead atoms. The van der Waals surface area contributed by atoms with Crippen molar-refractivity contribution in [2.75, 3.05) is 7.05 Å². The summed E-state index contributed by atoms with van der Waals surface area (Å²) < 4.78 is 2.13. The molecule has 1 amide bonds. The molecule has 1 saturated heterocycles. The van der Waals surface area contributed by atoms with Gasteiger partial charge in [0.25, 0.3) is 0 Å². The van der Waals surface area contributed by atoms with Crippen LogP contribution in [-0.2, 0) is 16.9 Å². The number of guanidine groups is 1. The number of aromatic nitrogens is 2. The molecule has 2 aromatic rings. The predicted octanol–water partition coefficient (Wildman–Crippen LogP) is 3.22. The summed E-state index contributed by atoms with van der Waals surface area (Å²) in [6.45, 7) is 2.98. The van der Waals surface area contributed by atoms with E-state index < -0.39 is 5.54 Å².